The second kappa shape index (κ2) is 4.94. The van der Waals surface area contributed by atoms with Crippen molar-refractivity contribution in [2.75, 3.05) is 33.7 Å². The zero-order valence-corrected chi connectivity index (χ0v) is 11.2. The number of hydrogen-bond acceptors (Lipinski definition) is 4. The molecule has 1 N–H and O–H groups in total. The molecule has 6 heteroatoms. The maximum absolute atomic E-state index is 10.5. The van der Waals surface area contributed by atoms with Gasteiger partial charge in [0.25, 0.3) is 0 Å². The minimum atomic E-state index is -0.609. The fourth-order valence-corrected chi connectivity index (χ4v) is 2.60. The molecule has 0 bridgehead atoms. The number of halogens is 1. The number of nitrogens with zero attached hydrogens (tertiary/aromatic N) is 4. The van der Waals surface area contributed by atoms with E-state index in [2.05, 4.69) is 21.9 Å². The lowest BCUT2D eigenvalue weighted by atomic mass is 10.0. The molecule has 5 nitrogen and oxygen atoms in total. The van der Waals surface area contributed by atoms with E-state index in [1.165, 1.54) is 0 Å². The van der Waals surface area contributed by atoms with Crippen LogP contribution in [0.1, 0.15) is 11.8 Å². The number of aliphatic hydroxyl groups excluding tert-OH is 1. The number of piperazine rings is 1. The summed E-state index contributed by atoms with van der Waals surface area (Å²) in [5.41, 5.74) is 0.693. The Morgan fingerprint density at radius 2 is 2.12 bits per heavy atom. The van der Waals surface area contributed by atoms with Crippen molar-refractivity contribution >= 4 is 11.6 Å². The third kappa shape index (κ3) is 2.47. The minimum Gasteiger partial charge on any atom is -0.385 e. The van der Waals surface area contributed by atoms with Crippen molar-refractivity contribution in [1.29, 1.82) is 0 Å². The van der Waals surface area contributed by atoms with Gasteiger partial charge in [0.15, 0.2) is 0 Å². The van der Waals surface area contributed by atoms with Crippen molar-refractivity contribution in [3.8, 4) is 0 Å². The molecule has 0 amide bonds. The van der Waals surface area contributed by atoms with Crippen LogP contribution < -0.4 is 0 Å². The summed E-state index contributed by atoms with van der Waals surface area (Å²) in [5.74, 6) is 0. The molecule has 0 radical (unpaired) electrons. The van der Waals surface area contributed by atoms with Gasteiger partial charge in [0.1, 0.15) is 6.10 Å². The Morgan fingerprint density at radius 3 is 2.71 bits per heavy atom. The Morgan fingerprint density at radius 1 is 1.41 bits per heavy atom. The van der Waals surface area contributed by atoms with Gasteiger partial charge in [-0.15, -0.1) is 0 Å². The van der Waals surface area contributed by atoms with Gasteiger partial charge in [0.2, 0.25) is 0 Å². The molecule has 0 aliphatic carbocycles. The van der Waals surface area contributed by atoms with E-state index in [0.29, 0.717) is 10.7 Å². The molecule has 96 valence electrons. The topological polar surface area (TPSA) is 44.5 Å². The van der Waals surface area contributed by atoms with Crippen molar-refractivity contribution < 1.29 is 5.11 Å². The van der Waals surface area contributed by atoms with E-state index in [0.717, 1.165) is 19.6 Å². The summed E-state index contributed by atoms with van der Waals surface area (Å²) in [5, 5.41) is 15.1. The SMILES string of the molecule is CN1CCN(C)C(C(O)c2c(Cl)cnn2C)C1. The van der Waals surface area contributed by atoms with Gasteiger partial charge in [0, 0.05) is 26.7 Å². The highest BCUT2D eigenvalue weighted by atomic mass is 35.5. The number of hydrogen-bond donors (Lipinski definition) is 1. The van der Waals surface area contributed by atoms with Crippen LogP contribution in [-0.2, 0) is 7.05 Å². The average molecular weight is 259 g/mol. The Hall–Kier alpha value is -0.620. The first-order valence-corrected chi connectivity index (χ1v) is 6.12. The minimum absolute atomic E-state index is 0.0571. The molecule has 2 unspecified atom stereocenters. The molecule has 0 aromatic carbocycles. The fraction of sp³-hybridized carbons (Fsp3) is 0.727. The van der Waals surface area contributed by atoms with Crippen LogP contribution >= 0.6 is 11.6 Å². The van der Waals surface area contributed by atoms with Gasteiger partial charge in [-0.3, -0.25) is 9.58 Å². The van der Waals surface area contributed by atoms with Crippen LogP contribution in [0.15, 0.2) is 6.20 Å². The van der Waals surface area contributed by atoms with Crippen molar-refractivity contribution in [1.82, 2.24) is 19.6 Å². The highest BCUT2D eigenvalue weighted by Gasteiger charge is 2.32. The molecule has 2 heterocycles. The third-order valence-corrected chi connectivity index (χ3v) is 3.77. The van der Waals surface area contributed by atoms with E-state index in [9.17, 15) is 5.11 Å². The molecule has 1 aromatic rings. The number of likely N-dealkylation sites (N-methyl/N-ethyl adjacent to an activating group) is 2. The summed E-state index contributed by atoms with van der Waals surface area (Å²) in [4.78, 5) is 4.39. The van der Waals surface area contributed by atoms with Crippen molar-refractivity contribution in [2.45, 2.75) is 12.1 Å². The molecule has 0 saturated carbocycles. The van der Waals surface area contributed by atoms with E-state index in [4.69, 9.17) is 11.6 Å². The van der Waals surface area contributed by atoms with Gasteiger partial charge in [-0.25, -0.2) is 0 Å². The summed E-state index contributed by atoms with van der Waals surface area (Å²) in [7, 11) is 5.90. The molecular weight excluding hydrogens is 240 g/mol. The molecule has 1 aliphatic rings. The highest BCUT2D eigenvalue weighted by molar-refractivity contribution is 6.31. The number of aryl methyl sites for hydroxylation is 1. The van der Waals surface area contributed by atoms with Gasteiger partial charge >= 0.3 is 0 Å². The van der Waals surface area contributed by atoms with Crippen LogP contribution in [0.5, 0.6) is 0 Å². The van der Waals surface area contributed by atoms with E-state index in [1.54, 1.807) is 17.9 Å². The molecule has 1 fully saturated rings. The van der Waals surface area contributed by atoms with Crippen molar-refractivity contribution in [2.24, 2.45) is 7.05 Å². The lowest BCUT2D eigenvalue weighted by molar-refractivity contribution is 0.0100. The molecule has 0 spiro atoms. The van der Waals surface area contributed by atoms with Crippen LogP contribution in [0.25, 0.3) is 0 Å². The van der Waals surface area contributed by atoms with E-state index in [1.807, 2.05) is 7.05 Å². The average Bonchev–Trinajstić information content (AvgIpc) is 2.61. The Labute approximate surface area is 107 Å². The maximum Gasteiger partial charge on any atom is 0.114 e. The van der Waals surface area contributed by atoms with Crippen LogP contribution in [0.2, 0.25) is 5.02 Å². The summed E-state index contributed by atoms with van der Waals surface area (Å²) in [6, 6.07) is 0.0571. The van der Waals surface area contributed by atoms with E-state index >= 15 is 0 Å². The van der Waals surface area contributed by atoms with Crippen molar-refractivity contribution in [3.63, 3.8) is 0 Å². The number of rotatable bonds is 2. The summed E-state index contributed by atoms with van der Waals surface area (Å²) in [6.45, 7) is 2.81. The normalized spacial score (nSPS) is 25.1. The highest BCUT2D eigenvalue weighted by Crippen LogP contribution is 2.28. The zero-order chi connectivity index (χ0) is 12.6. The van der Waals surface area contributed by atoms with Gasteiger partial charge in [-0.1, -0.05) is 11.6 Å². The molecule has 2 atom stereocenters. The van der Waals surface area contributed by atoms with Gasteiger partial charge < -0.3 is 10.0 Å². The maximum atomic E-state index is 10.5. The standard InChI is InChI=1S/C11H19ClN4O/c1-14-4-5-15(2)9(7-14)11(17)10-8(12)6-13-16(10)3/h6,9,11,17H,4-5,7H2,1-3H3. The lowest BCUT2D eigenvalue weighted by Crippen LogP contribution is -2.52. The first-order valence-electron chi connectivity index (χ1n) is 5.75. The van der Waals surface area contributed by atoms with E-state index < -0.39 is 6.10 Å². The second-order valence-electron chi connectivity index (χ2n) is 4.76. The number of aliphatic hydroxyl groups is 1. The van der Waals surface area contributed by atoms with E-state index in [-0.39, 0.29) is 6.04 Å². The summed E-state index contributed by atoms with van der Waals surface area (Å²) < 4.78 is 1.65. The van der Waals surface area contributed by atoms with Crippen LogP contribution in [0.4, 0.5) is 0 Å². The first-order chi connectivity index (χ1) is 8.00. The van der Waals surface area contributed by atoms with Crippen molar-refractivity contribution in [3.05, 3.63) is 16.9 Å². The lowest BCUT2D eigenvalue weighted by Gasteiger charge is -2.40. The fourth-order valence-electron chi connectivity index (χ4n) is 2.32. The monoisotopic (exact) mass is 258 g/mol. The summed E-state index contributed by atoms with van der Waals surface area (Å²) >= 11 is 6.07. The molecule has 1 aliphatic heterocycles. The predicted octanol–water partition coefficient (Wildman–Crippen LogP) is 0.353. The van der Waals surface area contributed by atoms with Crippen LogP contribution in [0.3, 0.4) is 0 Å². The first kappa shape index (κ1) is 12.8. The predicted molar refractivity (Wildman–Crippen MR) is 67.1 cm³/mol. The molecular formula is C11H19ClN4O. The largest absolute Gasteiger partial charge is 0.385 e. The third-order valence-electron chi connectivity index (χ3n) is 3.48. The Balaban J connectivity index is 2.21. The van der Waals surface area contributed by atoms with Gasteiger partial charge in [0.05, 0.1) is 23.0 Å². The van der Waals surface area contributed by atoms with Crippen LogP contribution in [0, 0.1) is 0 Å². The molecule has 2 rings (SSSR count). The smallest absolute Gasteiger partial charge is 0.114 e. The Bertz CT molecular complexity index is 375. The number of aromatic nitrogens is 2. The van der Waals surface area contributed by atoms with Gasteiger partial charge in [-0.2, -0.15) is 5.10 Å². The molecule has 17 heavy (non-hydrogen) atoms. The molecule has 1 aromatic heterocycles. The zero-order valence-electron chi connectivity index (χ0n) is 10.5. The van der Waals surface area contributed by atoms with Crippen LogP contribution in [-0.4, -0.2) is 64.5 Å². The second-order valence-corrected chi connectivity index (χ2v) is 5.16. The Kier molecular flexibility index (Phi) is 3.73. The quantitative estimate of drug-likeness (QED) is 0.832. The summed E-state index contributed by atoms with van der Waals surface area (Å²) in [6.07, 6.45) is 0.967. The molecule has 1 saturated heterocycles. The van der Waals surface area contributed by atoms with Gasteiger partial charge in [-0.05, 0) is 14.1 Å².